The molecule has 0 saturated carbocycles. The minimum atomic E-state index is -0.643. The van der Waals surface area contributed by atoms with E-state index in [0.717, 1.165) is 22.0 Å². The van der Waals surface area contributed by atoms with E-state index < -0.39 is 6.04 Å². The molecule has 0 saturated heterocycles. The zero-order chi connectivity index (χ0) is 22.3. The Balaban J connectivity index is 2.18. The van der Waals surface area contributed by atoms with Crippen LogP contribution >= 0.6 is 27.5 Å². The molecule has 2 atom stereocenters. The molecule has 2 aromatic rings. The van der Waals surface area contributed by atoms with Crippen LogP contribution in [0.2, 0.25) is 5.02 Å². The summed E-state index contributed by atoms with van der Waals surface area (Å²) in [6.07, 6.45) is 0.815. The molecule has 2 rings (SSSR count). The van der Waals surface area contributed by atoms with Crippen molar-refractivity contribution >= 4 is 39.3 Å². The molecule has 5 nitrogen and oxygen atoms in total. The van der Waals surface area contributed by atoms with Gasteiger partial charge in [0.2, 0.25) is 5.91 Å². The number of ether oxygens (including phenoxy) is 1. The van der Waals surface area contributed by atoms with Crippen molar-refractivity contribution in [2.24, 2.45) is 0 Å². The Hall–Kier alpha value is -2.05. The second-order valence-corrected chi connectivity index (χ2v) is 8.69. The Bertz CT molecular complexity index is 891. The second-order valence-electron chi connectivity index (χ2n) is 7.37. The Labute approximate surface area is 191 Å². The van der Waals surface area contributed by atoms with Crippen molar-refractivity contribution in [3.05, 3.63) is 63.1 Å². The summed E-state index contributed by atoms with van der Waals surface area (Å²) in [5, 5.41) is 3.36. The van der Waals surface area contributed by atoms with Crippen LogP contribution in [0.4, 0.5) is 0 Å². The predicted molar refractivity (Wildman–Crippen MR) is 124 cm³/mol. The van der Waals surface area contributed by atoms with Gasteiger partial charge in [-0.1, -0.05) is 64.3 Å². The number of carbonyl (C=O) groups is 2. The molecule has 0 spiro atoms. The summed E-state index contributed by atoms with van der Waals surface area (Å²) in [4.78, 5) is 27.3. The van der Waals surface area contributed by atoms with Crippen LogP contribution in [0.5, 0.6) is 5.75 Å². The number of halogens is 2. The van der Waals surface area contributed by atoms with Gasteiger partial charge in [0, 0.05) is 17.1 Å². The third kappa shape index (κ3) is 7.03. The number of carbonyl (C=O) groups excluding carboxylic acids is 2. The zero-order valence-corrected chi connectivity index (χ0v) is 20.1. The number of benzene rings is 2. The number of aryl methyl sites for hydroxylation is 1. The van der Waals surface area contributed by atoms with E-state index >= 15 is 0 Å². The van der Waals surface area contributed by atoms with Crippen molar-refractivity contribution in [2.75, 3.05) is 6.61 Å². The Morgan fingerprint density at radius 1 is 1.20 bits per heavy atom. The molecule has 2 aromatic carbocycles. The standard InChI is InChI=1S/C23H28BrClN2O3/c1-5-16(3)26-23(29)17(4)27(13-18-8-6-7-15(2)11-18)22(28)14-30-21-10-9-19(24)12-20(21)25/h6-12,16-17H,5,13-14H2,1-4H3,(H,26,29)/t16-,17+/m1/s1. The first kappa shape index (κ1) is 24.2. The Kier molecular flexibility index (Phi) is 9.18. The van der Waals surface area contributed by atoms with Crippen LogP contribution in [-0.4, -0.2) is 35.4 Å². The van der Waals surface area contributed by atoms with Gasteiger partial charge in [-0.3, -0.25) is 9.59 Å². The minimum Gasteiger partial charge on any atom is -0.482 e. The maximum Gasteiger partial charge on any atom is 0.261 e. The minimum absolute atomic E-state index is 0.0358. The zero-order valence-electron chi connectivity index (χ0n) is 17.7. The lowest BCUT2D eigenvalue weighted by Crippen LogP contribution is -2.50. The van der Waals surface area contributed by atoms with Gasteiger partial charge >= 0.3 is 0 Å². The van der Waals surface area contributed by atoms with Crippen LogP contribution in [0.25, 0.3) is 0 Å². The second kappa shape index (κ2) is 11.4. The summed E-state index contributed by atoms with van der Waals surface area (Å²) in [7, 11) is 0. The van der Waals surface area contributed by atoms with Crippen LogP contribution < -0.4 is 10.1 Å². The first-order chi connectivity index (χ1) is 14.2. The number of hydrogen-bond donors (Lipinski definition) is 1. The molecule has 7 heteroatoms. The van der Waals surface area contributed by atoms with Crippen LogP contribution in [0.1, 0.15) is 38.3 Å². The van der Waals surface area contributed by atoms with Crippen LogP contribution in [-0.2, 0) is 16.1 Å². The number of amides is 2. The fourth-order valence-corrected chi connectivity index (χ4v) is 3.60. The van der Waals surface area contributed by atoms with Crippen molar-refractivity contribution in [2.45, 2.75) is 52.7 Å². The highest BCUT2D eigenvalue weighted by molar-refractivity contribution is 9.10. The molecule has 0 aliphatic heterocycles. The first-order valence-corrected chi connectivity index (χ1v) is 11.1. The third-order valence-electron chi connectivity index (χ3n) is 4.85. The van der Waals surface area contributed by atoms with E-state index in [4.69, 9.17) is 16.3 Å². The molecule has 0 aliphatic rings. The van der Waals surface area contributed by atoms with E-state index in [-0.39, 0.29) is 24.5 Å². The van der Waals surface area contributed by atoms with E-state index in [1.165, 1.54) is 0 Å². The topological polar surface area (TPSA) is 58.6 Å². The summed E-state index contributed by atoms with van der Waals surface area (Å²) >= 11 is 9.53. The fraction of sp³-hybridized carbons (Fsp3) is 0.391. The van der Waals surface area contributed by atoms with Crippen molar-refractivity contribution in [1.29, 1.82) is 0 Å². The molecule has 30 heavy (non-hydrogen) atoms. The highest BCUT2D eigenvalue weighted by atomic mass is 79.9. The van der Waals surface area contributed by atoms with Crippen molar-refractivity contribution in [3.8, 4) is 5.75 Å². The normalized spacial score (nSPS) is 12.7. The van der Waals surface area contributed by atoms with Crippen LogP contribution in [0, 0.1) is 6.92 Å². The Morgan fingerprint density at radius 2 is 1.93 bits per heavy atom. The molecule has 2 amide bonds. The summed E-state index contributed by atoms with van der Waals surface area (Å²) < 4.78 is 6.47. The lowest BCUT2D eigenvalue weighted by Gasteiger charge is -2.29. The lowest BCUT2D eigenvalue weighted by molar-refractivity contribution is -0.142. The van der Waals surface area contributed by atoms with E-state index in [2.05, 4.69) is 21.2 Å². The quantitative estimate of drug-likeness (QED) is 0.525. The fourth-order valence-electron chi connectivity index (χ4n) is 2.87. The molecule has 0 unspecified atom stereocenters. The highest BCUT2D eigenvalue weighted by Crippen LogP contribution is 2.27. The summed E-state index contributed by atoms with van der Waals surface area (Å²) in [5.74, 6) is -0.0604. The molecular formula is C23H28BrClN2O3. The van der Waals surface area contributed by atoms with Gasteiger partial charge in [-0.15, -0.1) is 0 Å². The van der Waals surface area contributed by atoms with Gasteiger partial charge in [0.25, 0.3) is 5.91 Å². The molecule has 0 bridgehead atoms. The van der Waals surface area contributed by atoms with Gasteiger partial charge in [0.15, 0.2) is 6.61 Å². The Morgan fingerprint density at radius 3 is 2.57 bits per heavy atom. The molecule has 0 radical (unpaired) electrons. The summed E-state index contributed by atoms with van der Waals surface area (Å²) in [6.45, 7) is 7.77. The van der Waals surface area contributed by atoms with Gasteiger partial charge in [0.1, 0.15) is 11.8 Å². The highest BCUT2D eigenvalue weighted by Gasteiger charge is 2.27. The van der Waals surface area contributed by atoms with Crippen LogP contribution in [0.15, 0.2) is 46.9 Å². The van der Waals surface area contributed by atoms with Gasteiger partial charge in [-0.2, -0.15) is 0 Å². The smallest absolute Gasteiger partial charge is 0.261 e. The molecule has 0 aromatic heterocycles. The van der Waals surface area contributed by atoms with Crippen molar-refractivity contribution in [1.82, 2.24) is 10.2 Å². The number of hydrogen-bond acceptors (Lipinski definition) is 3. The van der Waals surface area contributed by atoms with Crippen molar-refractivity contribution < 1.29 is 14.3 Å². The number of rotatable bonds is 9. The predicted octanol–water partition coefficient (Wildman–Crippen LogP) is 5.12. The maximum atomic E-state index is 13.1. The van der Waals surface area contributed by atoms with E-state index in [9.17, 15) is 9.59 Å². The largest absolute Gasteiger partial charge is 0.482 e. The molecule has 162 valence electrons. The SMILES string of the molecule is CC[C@@H](C)NC(=O)[C@H](C)N(Cc1cccc(C)c1)C(=O)COc1ccc(Br)cc1Cl. The maximum absolute atomic E-state index is 13.1. The van der Waals surface area contributed by atoms with Gasteiger partial charge in [-0.05, 0) is 51.0 Å². The van der Waals surface area contributed by atoms with Gasteiger partial charge in [-0.25, -0.2) is 0 Å². The van der Waals surface area contributed by atoms with E-state index in [0.29, 0.717) is 17.3 Å². The first-order valence-electron chi connectivity index (χ1n) is 9.94. The summed E-state index contributed by atoms with van der Waals surface area (Å²) in [5.41, 5.74) is 2.04. The van der Waals surface area contributed by atoms with Gasteiger partial charge in [0.05, 0.1) is 5.02 Å². The van der Waals surface area contributed by atoms with Crippen molar-refractivity contribution in [3.63, 3.8) is 0 Å². The number of nitrogens with zero attached hydrogens (tertiary/aromatic N) is 1. The molecule has 0 fully saturated rings. The van der Waals surface area contributed by atoms with E-state index in [1.807, 2.05) is 45.0 Å². The average Bonchev–Trinajstić information content (AvgIpc) is 2.70. The van der Waals surface area contributed by atoms with Gasteiger partial charge < -0.3 is 15.0 Å². The van der Waals surface area contributed by atoms with E-state index in [1.54, 1.807) is 30.0 Å². The molecule has 0 aliphatic carbocycles. The lowest BCUT2D eigenvalue weighted by atomic mass is 10.1. The molecule has 0 heterocycles. The monoisotopic (exact) mass is 494 g/mol. The third-order valence-corrected chi connectivity index (χ3v) is 5.64. The number of nitrogens with one attached hydrogen (secondary N) is 1. The summed E-state index contributed by atoms with van der Waals surface area (Å²) in [6, 6.07) is 12.5. The molecular weight excluding hydrogens is 468 g/mol. The van der Waals surface area contributed by atoms with Crippen LogP contribution in [0.3, 0.4) is 0 Å². The average molecular weight is 496 g/mol. The molecule has 1 N–H and O–H groups in total.